The lowest BCUT2D eigenvalue weighted by molar-refractivity contribution is -0.0698. The van der Waals surface area contributed by atoms with Crippen molar-refractivity contribution in [3.8, 4) is 0 Å². The van der Waals surface area contributed by atoms with Crippen molar-refractivity contribution >= 4 is 15.9 Å². The predicted octanol–water partition coefficient (Wildman–Crippen LogP) is 4.09. The van der Waals surface area contributed by atoms with Crippen molar-refractivity contribution < 1.29 is 0 Å². The third-order valence-electron chi connectivity index (χ3n) is 5.60. The van der Waals surface area contributed by atoms with Gasteiger partial charge in [0, 0.05) is 17.1 Å². The molecule has 4 aliphatic carbocycles. The molecule has 96 valence electrons. The summed E-state index contributed by atoms with van der Waals surface area (Å²) in [6.07, 6.45) is 9.08. The molecule has 0 aromatic rings. The fourth-order valence-electron chi connectivity index (χ4n) is 5.19. The van der Waals surface area contributed by atoms with Gasteiger partial charge in [-0.15, -0.1) is 0 Å². The summed E-state index contributed by atoms with van der Waals surface area (Å²) < 4.78 is 1.08. The Kier molecular flexibility index (Phi) is 3.15. The molecule has 0 aromatic heterocycles. The zero-order valence-corrected chi connectivity index (χ0v) is 12.4. The van der Waals surface area contributed by atoms with Crippen LogP contribution >= 0.6 is 15.9 Å². The fraction of sp³-hybridized carbons (Fsp3) is 0.867. The van der Waals surface area contributed by atoms with E-state index in [4.69, 9.17) is 0 Å². The van der Waals surface area contributed by atoms with E-state index < -0.39 is 0 Å². The molecule has 1 N–H and O–H groups in total. The van der Waals surface area contributed by atoms with Gasteiger partial charge in [0.15, 0.2) is 0 Å². The van der Waals surface area contributed by atoms with Gasteiger partial charge in [-0.3, -0.25) is 0 Å². The number of nitrogens with one attached hydrogen (secondary N) is 1. The Morgan fingerprint density at radius 3 is 2.12 bits per heavy atom. The number of hydrogen-bond acceptors (Lipinski definition) is 1. The highest BCUT2D eigenvalue weighted by atomic mass is 79.9. The van der Waals surface area contributed by atoms with Crippen LogP contribution in [0.4, 0.5) is 0 Å². The summed E-state index contributed by atoms with van der Waals surface area (Å²) in [6, 6.07) is 0.658. The summed E-state index contributed by atoms with van der Waals surface area (Å²) in [4.78, 5) is 0. The molecule has 4 aliphatic rings. The molecule has 0 aliphatic heterocycles. The van der Waals surface area contributed by atoms with Crippen LogP contribution < -0.4 is 5.32 Å². The first kappa shape index (κ1) is 12.2. The van der Waals surface area contributed by atoms with Gasteiger partial charge in [-0.2, -0.15) is 0 Å². The minimum atomic E-state index is 0.622. The molecule has 4 fully saturated rings. The normalized spacial score (nSPS) is 44.9. The number of halogens is 1. The molecule has 0 saturated heterocycles. The maximum absolute atomic E-state index is 3.93. The Morgan fingerprint density at radius 2 is 1.71 bits per heavy atom. The third kappa shape index (κ3) is 2.23. The lowest BCUT2D eigenvalue weighted by Crippen LogP contribution is -2.54. The third-order valence-corrected chi connectivity index (χ3v) is 5.88. The van der Waals surface area contributed by atoms with E-state index in [9.17, 15) is 0 Å². The molecule has 0 radical (unpaired) electrons. The standard InChI is InChI=1S/C15H24BrN/c1-10(16)9-17-11(2)15-6-12-3-13(7-15)5-14(4-12)8-15/h11-14,17H,1,3-9H2,2H3. The fourth-order valence-corrected chi connectivity index (χ4v) is 5.35. The van der Waals surface area contributed by atoms with Gasteiger partial charge in [0.25, 0.3) is 0 Å². The van der Waals surface area contributed by atoms with E-state index >= 15 is 0 Å². The van der Waals surface area contributed by atoms with Gasteiger partial charge in [-0.25, -0.2) is 0 Å². The van der Waals surface area contributed by atoms with Crippen LogP contribution in [0.2, 0.25) is 0 Å². The Balaban J connectivity index is 1.70. The zero-order chi connectivity index (χ0) is 12.0. The minimum absolute atomic E-state index is 0.622. The van der Waals surface area contributed by atoms with E-state index in [1.807, 2.05) is 0 Å². The van der Waals surface area contributed by atoms with Gasteiger partial charge in [-0.05, 0) is 68.6 Å². The van der Waals surface area contributed by atoms with Gasteiger partial charge in [0.05, 0.1) is 0 Å². The lowest BCUT2D eigenvalue weighted by atomic mass is 9.48. The highest BCUT2D eigenvalue weighted by Crippen LogP contribution is 2.61. The van der Waals surface area contributed by atoms with Crippen LogP contribution in [0.3, 0.4) is 0 Å². The maximum atomic E-state index is 3.93. The first-order chi connectivity index (χ1) is 8.07. The summed E-state index contributed by atoms with van der Waals surface area (Å²) >= 11 is 3.46. The van der Waals surface area contributed by atoms with Crippen molar-refractivity contribution in [2.45, 2.75) is 51.5 Å². The van der Waals surface area contributed by atoms with Crippen molar-refractivity contribution in [3.05, 3.63) is 11.1 Å². The van der Waals surface area contributed by atoms with Gasteiger partial charge in [0.1, 0.15) is 0 Å². The largest absolute Gasteiger partial charge is 0.309 e. The molecule has 0 heterocycles. The van der Waals surface area contributed by atoms with Crippen LogP contribution in [0.25, 0.3) is 0 Å². The predicted molar refractivity (Wildman–Crippen MR) is 76.1 cm³/mol. The van der Waals surface area contributed by atoms with Crippen molar-refractivity contribution in [2.75, 3.05) is 6.54 Å². The topological polar surface area (TPSA) is 12.0 Å². The van der Waals surface area contributed by atoms with Crippen LogP contribution in [-0.2, 0) is 0 Å². The Morgan fingerprint density at radius 1 is 1.24 bits per heavy atom. The number of hydrogen-bond donors (Lipinski definition) is 1. The monoisotopic (exact) mass is 297 g/mol. The highest BCUT2D eigenvalue weighted by molar-refractivity contribution is 9.11. The van der Waals surface area contributed by atoms with Gasteiger partial charge >= 0.3 is 0 Å². The second kappa shape index (κ2) is 4.38. The van der Waals surface area contributed by atoms with Crippen molar-refractivity contribution in [1.82, 2.24) is 5.32 Å². The Bertz CT molecular complexity index is 288. The van der Waals surface area contributed by atoms with Crippen molar-refractivity contribution in [1.29, 1.82) is 0 Å². The molecular weight excluding hydrogens is 274 g/mol. The molecule has 4 bridgehead atoms. The zero-order valence-electron chi connectivity index (χ0n) is 10.8. The molecule has 4 saturated carbocycles. The maximum Gasteiger partial charge on any atom is 0.0268 e. The lowest BCUT2D eigenvalue weighted by Gasteiger charge is -2.59. The van der Waals surface area contributed by atoms with E-state index in [0.29, 0.717) is 11.5 Å². The van der Waals surface area contributed by atoms with E-state index in [1.165, 1.54) is 38.5 Å². The van der Waals surface area contributed by atoms with Gasteiger partial charge in [0.2, 0.25) is 0 Å². The van der Waals surface area contributed by atoms with E-state index in [-0.39, 0.29) is 0 Å². The van der Waals surface area contributed by atoms with E-state index in [1.54, 1.807) is 0 Å². The van der Waals surface area contributed by atoms with E-state index in [0.717, 1.165) is 28.8 Å². The molecule has 0 spiro atoms. The van der Waals surface area contributed by atoms with Crippen LogP contribution in [0.5, 0.6) is 0 Å². The molecule has 1 atom stereocenters. The quantitative estimate of drug-likeness (QED) is 0.824. The summed E-state index contributed by atoms with van der Waals surface area (Å²) in [6.45, 7) is 7.25. The first-order valence-corrected chi connectivity index (χ1v) is 7.93. The van der Waals surface area contributed by atoms with E-state index in [2.05, 4.69) is 34.7 Å². The molecule has 1 nitrogen and oxygen atoms in total. The van der Waals surface area contributed by atoms with Crippen molar-refractivity contribution in [3.63, 3.8) is 0 Å². The van der Waals surface area contributed by atoms with Crippen LogP contribution in [0.1, 0.15) is 45.4 Å². The summed E-state index contributed by atoms with van der Waals surface area (Å²) in [7, 11) is 0. The van der Waals surface area contributed by atoms with Crippen LogP contribution in [-0.4, -0.2) is 12.6 Å². The summed E-state index contributed by atoms with van der Waals surface area (Å²) in [5.41, 5.74) is 0.622. The van der Waals surface area contributed by atoms with Crippen molar-refractivity contribution in [2.24, 2.45) is 23.2 Å². The Labute approximate surface area is 114 Å². The van der Waals surface area contributed by atoms with Gasteiger partial charge < -0.3 is 5.32 Å². The summed E-state index contributed by atoms with van der Waals surface area (Å²) in [5.74, 6) is 3.16. The van der Waals surface area contributed by atoms with Crippen LogP contribution in [0, 0.1) is 23.2 Å². The van der Waals surface area contributed by atoms with Gasteiger partial charge in [-0.1, -0.05) is 22.5 Å². The highest BCUT2D eigenvalue weighted by Gasteiger charge is 2.52. The second-order valence-corrected chi connectivity index (χ2v) is 8.02. The molecule has 0 amide bonds. The minimum Gasteiger partial charge on any atom is -0.309 e. The Hall–Kier alpha value is 0.180. The first-order valence-electron chi connectivity index (χ1n) is 7.14. The molecule has 4 rings (SSSR count). The molecular formula is C15H24BrN. The molecule has 17 heavy (non-hydrogen) atoms. The molecule has 0 aromatic carbocycles. The molecule has 1 unspecified atom stereocenters. The SMILES string of the molecule is C=C(Br)CNC(C)C12CC3CC(CC(C3)C1)C2. The molecule has 2 heteroatoms. The number of rotatable bonds is 4. The van der Waals surface area contributed by atoms with Crippen LogP contribution in [0.15, 0.2) is 11.1 Å². The average molecular weight is 298 g/mol. The average Bonchev–Trinajstić information content (AvgIpc) is 2.23. The smallest absolute Gasteiger partial charge is 0.0268 e. The second-order valence-electron chi connectivity index (χ2n) is 6.90. The summed E-state index contributed by atoms with van der Waals surface area (Å²) in [5, 5.41) is 3.69.